The minimum atomic E-state index is -0.0776. The Hall–Kier alpha value is -1.24. The molecule has 20 heavy (non-hydrogen) atoms. The monoisotopic (exact) mass is 293 g/mol. The number of aryl methyl sites for hydroxylation is 2. The van der Waals surface area contributed by atoms with Gasteiger partial charge in [-0.05, 0) is 38.7 Å². The van der Waals surface area contributed by atoms with E-state index in [1.165, 1.54) is 0 Å². The highest BCUT2D eigenvalue weighted by atomic mass is 32.1. The molecule has 2 unspecified atom stereocenters. The van der Waals surface area contributed by atoms with Crippen LogP contribution in [0.25, 0.3) is 10.2 Å². The molecule has 1 aliphatic carbocycles. The van der Waals surface area contributed by atoms with E-state index in [2.05, 4.69) is 9.97 Å². The zero-order valence-electron chi connectivity index (χ0n) is 11.7. The number of aromatic amines is 1. The fourth-order valence-corrected chi connectivity index (χ4v) is 3.76. The van der Waals surface area contributed by atoms with Crippen LogP contribution in [0.15, 0.2) is 4.79 Å². The Bertz CT molecular complexity index is 692. The molecule has 0 amide bonds. The van der Waals surface area contributed by atoms with E-state index in [0.29, 0.717) is 17.8 Å². The third kappa shape index (κ3) is 2.39. The highest BCUT2D eigenvalue weighted by molar-refractivity contribution is 7.18. The maximum Gasteiger partial charge on any atom is 0.259 e. The largest absolute Gasteiger partial charge is 0.369 e. The molecule has 1 aliphatic rings. The molecule has 108 valence electrons. The summed E-state index contributed by atoms with van der Waals surface area (Å²) in [6.45, 7) is 4.28. The number of nitrogens with zero attached hydrogens (tertiary/aromatic N) is 1. The summed E-state index contributed by atoms with van der Waals surface area (Å²) in [5.41, 5.74) is 6.91. The molecule has 0 saturated heterocycles. The van der Waals surface area contributed by atoms with Gasteiger partial charge in [0.15, 0.2) is 0 Å². The van der Waals surface area contributed by atoms with Crippen LogP contribution in [-0.4, -0.2) is 22.1 Å². The number of nitrogens with one attached hydrogen (secondary N) is 1. The third-order valence-electron chi connectivity index (χ3n) is 4.03. The summed E-state index contributed by atoms with van der Waals surface area (Å²) in [4.78, 5) is 21.4. The normalized spacial score (nSPS) is 22.8. The minimum absolute atomic E-state index is 0.0776. The number of rotatable bonds is 3. The Balaban J connectivity index is 1.84. The molecular weight excluding hydrogens is 274 g/mol. The molecule has 3 N–H and O–H groups in total. The second-order valence-corrected chi connectivity index (χ2v) is 6.62. The van der Waals surface area contributed by atoms with Crippen molar-refractivity contribution < 1.29 is 4.74 Å². The first kappa shape index (κ1) is 13.7. The van der Waals surface area contributed by atoms with Crippen molar-refractivity contribution in [2.75, 3.05) is 0 Å². The third-order valence-corrected chi connectivity index (χ3v) is 5.13. The lowest BCUT2D eigenvalue weighted by Gasteiger charge is -2.15. The summed E-state index contributed by atoms with van der Waals surface area (Å²) in [6.07, 6.45) is 3.20. The Kier molecular flexibility index (Phi) is 3.62. The SMILES string of the molecule is Cc1sc2nc(COC3CCCC3N)[nH]c(=O)c2c1C. The van der Waals surface area contributed by atoms with Gasteiger partial charge in [0.25, 0.3) is 5.56 Å². The molecule has 0 aliphatic heterocycles. The first-order valence-electron chi connectivity index (χ1n) is 6.92. The number of ether oxygens (including phenoxy) is 1. The molecule has 5 nitrogen and oxygen atoms in total. The highest BCUT2D eigenvalue weighted by Crippen LogP contribution is 2.26. The topological polar surface area (TPSA) is 81.0 Å². The highest BCUT2D eigenvalue weighted by Gasteiger charge is 2.24. The predicted molar refractivity (Wildman–Crippen MR) is 80.1 cm³/mol. The van der Waals surface area contributed by atoms with Crippen molar-refractivity contribution in [3.63, 3.8) is 0 Å². The molecule has 2 heterocycles. The van der Waals surface area contributed by atoms with Crippen LogP contribution in [0.2, 0.25) is 0 Å². The van der Waals surface area contributed by atoms with Crippen molar-refractivity contribution in [2.24, 2.45) is 5.73 Å². The number of nitrogens with two attached hydrogens (primary N) is 1. The molecular formula is C14H19N3O2S. The number of hydrogen-bond donors (Lipinski definition) is 2. The average molecular weight is 293 g/mol. The molecule has 0 radical (unpaired) electrons. The van der Waals surface area contributed by atoms with Crippen LogP contribution in [0, 0.1) is 13.8 Å². The predicted octanol–water partition coefficient (Wildman–Crippen LogP) is 2.00. The molecule has 6 heteroatoms. The van der Waals surface area contributed by atoms with Crippen molar-refractivity contribution in [3.8, 4) is 0 Å². The van der Waals surface area contributed by atoms with Gasteiger partial charge < -0.3 is 15.5 Å². The van der Waals surface area contributed by atoms with Gasteiger partial charge in [0.2, 0.25) is 0 Å². The van der Waals surface area contributed by atoms with Crippen LogP contribution in [0.5, 0.6) is 0 Å². The number of aromatic nitrogens is 2. The maximum absolute atomic E-state index is 12.1. The van der Waals surface area contributed by atoms with E-state index in [0.717, 1.165) is 34.5 Å². The Morgan fingerprint density at radius 2 is 2.25 bits per heavy atom. The van der Waals surface area contributed by atoms with Crippen LogP contribution in [0.4, 0.5) is 0 Å². The summed E-state index contributed by atoms with van der Waals surface area (Å²) >= 11 is 1.55. The Morgan fingerprint density at radius 3 is 2.95 bits per heavy atom. The summed E-state index contributed by atoms with van der Waals surface area (Å²) in [5, 5.41) is 0.703. The molecule has 1 saturated carbocycles. The van der Waals surface area contributed by atoms with Crippen molar-refractivity contribution in [1.29, 1.82) is 0 Å². The fourth-order valence-electron chi connectivity index (χ4n) is 2.72. The lowest BCUT2D eigenvalue weighted by molar-refractivity contribution is 0.0320. The standard InChI is InChI=1S/C14H19N3O2S/c1-7-8(2)20-14-12(7)13(18)16-11(17-14)6-19-10-5-3-4-9(10)15/h9-10H,3-6,15H2,1-2H3,(H,16,17,18). The number of fused-ring (bicyclic) bond motifs is 1. The van der Waals surface area contributed by atoms with Crippen molar-refractivity contribution in [3.05, 3.63) is 26.6 Å². The quantitative estimate of drug-likeness (QED) is 0.907. The Labute approximate surface area is 121 Å². The van der Waals surface area contributed by atoms with Crippen molar-refractivity contribution >= 4 is 21.6 Å². The van der Waals surface area contributed by atoms with E-state index in [-0.39, 0.29) is 17.7 Å². The van der Waals surface area contributed by atoms with Crippen LogP contribution >= 0.6 is 11.3 Å². The molecule has 0 spiro atoms. The van der Waals surface area contributed by atoms with E-state index >= 15 is 0 Å². The zero-order valence-corrected chi connectivity index (χ0v) is 12.5. The van der Waals surface area contributed by atoms with Crippen molar-refractivity contribution in [2.45, 2.75) is 51.9 Å². The number of H-pyrrole nitrogens is 1. The zero-order chi connectivity index (χ0) is 14.3. The molecule has 0 aromatic carbocycles. The van der Waals surface area contributed by atoms with E-state index < -0.39 is 0 Å². The minimum Gasteiger partial charge on any atom is -0.369 e. The van der Waals surface area contributed by atoms with Gasteiger partial charge in [-0.2, -0.15) is 0 Å². The number of thiophene rings is 1. The summed E-state index contributed by atoms with van der Waals surface area (Å²) in [7, 11) is 0. The molecule has 2 atom stereocenters. The van der Waals surface area contributed by atoms with Crippen LogP contribution in [0.3, 0.4) is 0 Å². The summed E-state index contributed by atoms with van der Waals surface area (Å²) in [5.74, 6) is 0.586. The van der Waals surface area contributed by atoms with Crippen molar-refractivity contribution in [1.82, 2.24) is 9.97 Å². The Morgan fingerprint density at radius 1 is 1.45 bits per heavy atom. The average Bonchev–Trinajstić information content (AvgIpc) is 2.92. The summed E-state index contributed by atoms with van der Waals surface area (Å²) < 4.78 is 5.79. The van der Waals surface area contributed by atoms with Gasteiger partial charge in [-0.3, -0.25) is 4.79 Å². The second-order valence-electron chi connectivity index (χ2n) is 5.42. The van der Waals surface area contributed by atoms with Gasteiger partial charge in [0.1, 0.15) is 17.3 Å². The lowest BCUT2D eigenvalue weighted by Crippen LogP contribution is -2.31. The van der Waals surface area contributed by atoms with Crippen LogP contribution in [0.1, 0.15) is 35.5 Å². The van der Waals surface area contributed by atoms with Gasteiger partial charge in [-0.15, -0.1) is 11.3 Å². The van der Waals surface area contributed by atoms with E-state index in [1.807, 2.05) is 13.8 Å². The van der Waals surface area contributed by atoms with Crippen LogP contribution in [-0.2, 0) is 11.3 Å². The molecule has 2 aromatic heterocycles. The van der Waals surface area contributed by atoms with Gasteiger partial charge in [0.05, 0.1) is 11.5 Å². The number of hydrogen-bond acceptors (Lipinski definition) is 5. The summed E-state index contributed by atoms with van der Waals surface area (Å²) in [6, 6.07) is 0.108. The van der Waals surface area contributed by atoms with Gasteiger partial charge in [-0.1, -0.05) is 0 Å². The van der Waals surface area contributed by atoms with Gasteiger partial charge in [0, 0.05) is 10.9 Å². The van der Waals surface area contributed by atoms with E-state index in [4.69, 9.17) is 10.5 Å². The molecule has 0 bridgehead atoms. The molecule has 3 rings (SSSR count). The first-order chi connectivity index (χ1) is 9.56. The first-order valence-corrected chi connectivity index (χ1v) is 7.74. The van der Waals surface area contributed by atoms with E-state index in [9.17, 15) is 4.79 Å². The molecule has 1 fully saturated rings. The molecule has 2 aromatic rings. The second kappa shape index (κ2) is 5.27. The lowest BCUT2D eigenvalue weighted by atomic mass is 10.2. The van der Waals surface area contributed by atoms with E-state index in [1.54, 1.807) is 11.3 Å². The van der Waals surface area contributed by atoms with Gasteiger partial charge in [-0.25, -0.2) is 4.98 Å². The van der Waals surface area contributed by atoms with Crippen LogP contribution < -0.4 is 11.3 Å². The smallest absolute Gasteiger partial charge is 0.259 e. The maximum atomic E-state index is 12.1. The van der Waals surface area contributed by atoms with Gasteiger partial charge >= 0.3 is 0 Å². The fraction of sp³-hybridized carbons (Fsp3) is 0.571.